The van der Waals surface area contributed by atoms with E-state index in [2.05, 4.69) is 27.6 Å². The molecule has 0 fully saturated rings. The fourth-order valence-electron chi connectivity index (χ4n) is 1.89. The molecule has 1 aromatic rings. The van der Waals surface area contributed by atoms with Crippen molar-refractivity contribution in [2.75, 3.05) is 19.0 Å². The first kappa shape index (κ1) is 20.6. The predicted molar refractivity (Wildman–Crippen MR) is 99.3 cm³/mol. The van der Waals surface area contributed by atoms with Crippen LogP contribution in [0.2, 0.25) is 0 Å². The Bertz CT molecular complexity index is 634. The van der Waals surface area contributed by atoms with Crippen molar-refractivity contribution in [2.45, 2.75) is 32.6 Å². The normalized spacial score (nSPS) is 9.84. The van der Waals surface area contributed by atoms with Gasteiger partial charge in [0.2, 0.25) is 5.91 Å². The van der Waals surface area contributed by atoms with Crippen LogP contribution in [0.25, 0.3) is 0 Å². The molecule has 8 heteroatoms. The summed E-state index contributed by atoms with van der Waals surface area (Å²) in [7, 11) is 1.26. The van der Waals surface area contributed by atoms with Gasteiger partial charge in [-0.1, -0.05) is 19.4 Å². The van der Waals surface area contributed by atoms with Crippen molar-refractivity contribution in [3.05, 3.63) is 29.8 Å². The average molecular weight is 365 g/mol. The predicted octanol–water partition coefficient (Wildman–Crippen LogP) is 1.98. The third-order valence-electron chi connectivity index (χ3n) is 3.24. The SMILES string of the molecule is CCCCNC(=O)c1cccc(NC(=S)NC(=O)CCC(=O)OC)c1. The molecule has 0 aliphatic rings. The summed E-state index contributed by atoms with van der Waals surface area (Å²) in [6, 6.07) is 6.80. The van der Waals surface area contributed by atoms with Gasteiger partial charge in [0.15, 0.2) is 5.11 Å². The van der Waals surface area contributed by atoms with E-state index in [1.807, 2.05) is 0 Å². The van der Waals surface area contributed by atoms with Gasteiger partial charge in [0.25, 0.3) is 5.91 Å². The fraction of sp³-hybridized carbons (Fsp3) is 0.412. The average Bonchev–Trinajstić information content (AvgIpc) is 2.59. The van der Waals surface area contributed by atoms with Crippen LogP contribution in [0, 0.1) is 0 Å². The number of nitrogens with one attached hydrogen (secondary N) is 3. The summed E-state index contributed by atoms with van der Waals surface area (Å²) in [5.74, 6) is -1.02. The van der Waals surface area contributed by atoms with Gasteiger partial charge < -0.3 is 20.7 Å². The first-order valence-electron chi connectivity index (χ1n) is 8.02. The second-order valence-electron chi connectivity index (χ2n) is 5.27. The summed E-state index contributed by atoms with van der Waals surface area (Å²) in [6.45, 7) is 2.68. The first-order valence-corrected chi connectivity index (χ1v) is 8.43. The third kappa shape index (κ3) is 8.25. The van der Waals surface area contributed by atoms with Crippen LogP contribution in [0.3, 0.4) is 0 Å². The molecule has 3 N–H and O–H groups in total. The number of amides is 2. The first-order chi connectivity index (χ1) is 12.0. The number of rotatable bonds is 8. The Kier molecular flexibility index (Phi) is 9.16. The van der Waals surface area contributed by atoms with Crippen molar-refractivity contribution in [1.82, 2.24) is 10.6 Å². The fourth-order valence-corrected chi connectivity index (χ4v) is 2.12. The molecule has 0 radical (unpaired) electrons. The molecule has 0 aromatic heterocycles. The second kappa shape index (κ2) is 11.1. The highest BCUT2D eigenvalue weighted by molar-refractivity contribution is 7.80. The zero-order chi connectivity index (χ0) is 18.7. The van der Waals surface area contributed by atoms with E-state index in [1.54, 1.807) is 24.3 Å². The van der Waals surface area contributed by atoms with Crippen molar-refractivity contribution in [2.24, 2.45) is 0 Å². The number of esters is 1. The van der Waals surface area contributed by atoms with Crippen LogP contribution >= 0.6 is 12.2 Å². The van der Waals surface area contributed by atoms with E-state index in [9.17, 15) is 14.4 Å². The van der Waals surface area contributed by atoms with Gasteiger partial charge in [0, 0.05) is 24.2 Å². The highest BCUT2D eigenvalue weighted by Crippen LogP contribution is 2.10. The van der Waals surface area contributed by atoms with Crippen molar-refractivity contribution in [3.8, 4) is 0 Å². The number of methoxy groups -OCH3 is 1. The standard InChI is InChI=1S/C17H23N3O4S/c1-3-4-10-18-16(23)12-6-5-7-13(11-12)19-17(25)20-14(21)8-9-15(22)24-2/h5-7,11H,3-4,8-10H2,1-2H3,(H,18,23)(H2,19,20,21,25). The molecule has 0 saturated heterocycles. The van der Waals surface area contributed by atoms with Crippen molar-refractivity contribution in [1.29, 1.82) is 0 Å². The zero-order valence-corrected chi connectivity index (χ0v) is 15.2. The molecular weight excluding hydrogens is 342 g/mol. The van der Waals surface area contributed by atoms with Crippen LogP contribution in [-0.4, -0.2) is 36.6 Å². The number of anilines is 1. The molecule has 0 atom stereocenters. The Labute approximate surface area is 152 Å². The number of hydrogen-bond donors (Lipinski definition) is 3. The maximum absolute atomic E-state index is 12.0. The minimum atomic E-state index is -0.462. The number of hydrogen-bond acceptors (Lipinski definition) is 5. The molecule has 0 heterocycles. The van der Waals surface area contributed by atoms with Gasteiger partial charge in [-0.05, 0) is 36.8 Å². The Morgan fingerprint density at radius 3 is 2.64 bits per heavy atom. The lowest BCUT2D eigenvalue weighted by Gasteiger charge is -2.11. The summed E-state index contributed by atoms with van der Waals surface area (Å²) in [4.78, 5) is 34.7. The summed E-state index contributed by atoms with van der Waals surface area (Å²) in [6.07, 6.45) is 1.89. The second-order valence-corrected chi connectivity index (χ2v) is 5.68. The Balaban J connectivity index is 2.51. The number of carbonyl (C=O) groups excluding carboxylic acids is 3. The van der Waals surface area contributed by atoms with Crippen molar-refractivity contribution < 1.29 is 19.1 Å². The van der Waals surface area contributed by atoms with Crippen molar-refractivity contribution in [3.63, 3.8) is 0 Å². The smallest absolute Gasteiger partial charge is 0.306 e. The Morgan fingerprint density at radius 2 is 1.96 bits per heavy atom. The largest absolute Gasteiger partial charge is 0.469 e. The van der Waals surface area contributed by atoms with Crippen LogP contribution in [0.1, 0.15) is 43.0 Å². The molecule has 0 saturated carbocycles. The van der Waals surface area contributed by atoms with Gasteiger partial charge in [-0.2, -0.15) is 0 Å². The Hall–Kier alpha value is -2.48. The summed E-state index contributed by atoms with van der Waals surface area (Å²) < 4.78 is 4.47. The van der Waals surface area contributed by atoms with Crippen LogP contribution in [0.5, 0.6) is 0 Å². The van der Waals surface area contributed by atoms with Crippen LogP contribution in [0.15, 0.2) is 24.3 Å². The lowest BCUT2D eigenvalue weighted by atomic mass is 10.2. The topological polar surface area (TPSA) is 96.5 Å². The van der Waals surface area contributed by atoms with Crippen molar-refractivity contribution >= 4 is 40.8 Å². The van der Waals surface area contributed by atoms with E-state index in [0.717, 1.165) is 12.8 Å². The minimum Gasteiger partial charge on any atom is -0.469 e. The van der Waals surface area contributed by atoms with Gasteiger partial charge in [-0.3, -0.25) is 14.4 Å². The number of thiocarbonyl (C=S) groups is 1. The number of benzene rings is 1. The number of unbranched alkanes of at least 4 members (excludes halogenated alkanes) is 1. The van der Waals surface area contributed by atoms with Gasteiger partial charge in [0.05, 0.1) is 13.5 Å². The van der Waals surface area contributed by atoms with E-state index in [1.165, 1.54) is 7.11 Å². The lowest BCUT2D eigenvalue weighted by molar-refractivity contribution is -0.142. The molecule has 1 aromatic carbocycles. The molecule has 1 rings (SSSR count). The zero-order valence-electron chi connectivity index (χ0n) is 14.4. The van der Waals surface area contributed by atoms with Gasteiger partial charge in [-0.15, -0.1) is 0 Å². The summed E-state index contributed by atoms with van der Waals surface area (Å²) in [5.41, 5.74) is 1.09. The van der Waals surface area contributed by atoms with E-state index >= 15 is 0 Å². The quantitative estimate of drug-likeness (QED) is 0.370. The van der Waals surface area contributed by atoms with E-state index in [0.29, 0.717) is 17.8 Å². The molecular formula is C17H23N3O4S. The maximum Gasteiger partial charge on any atom is 0.306 e. The molecule has 0 aliphatic heterocycles. The van der Waals surface area contributed by atoms with Crippen LogP contribution < -0.4 is 16.0 Å². The van der Waals surface area contributed by atoms with Crippen LogP contribution in [-0.2, 0) is 14.3 Å². The van der Waals surface area contributed by atoms with Crippen LogP contribution in [0.4, 0.5) is 5.69 Å². The summed E-state index contributed by atoms with van der Waals surface area (Å²) >= 11 is 5.06. The van der Waals surface area contributed by atoms with E-state index < -0.39 is 11.9 Å². The van der Waals surface area contributed by atoms with E-state index in [4.69, 9.17) is 12.2 Å². The van der Waals surface area contributed by atoms with E-state index in [-0.39, 0.29) is 23.9 Å². The highest BCUT2D eigenvalue weighted by Gasteiger charge is 2.10. The molecule has 7 nitrogen and oxygen atoms in total. The van der Waals surface area contributed by atoms with Gasteiger partial charge in [0.1, 0.15) is 0 Å². The molecule has 136 valence electrons. The van der Waals surface area contributed by atoms with Gasteiger partial charge >= 0.3 is 5.97 Å². The molecule has 25 heavy (non-hydrogen) atoms. The summed E-state index contributed by atoms with van der Waals surface area (Å²) in [5, 5.41) is 8.24. The maximum atomic E-state index is 12.0. The van der Waals surface area contributed by atoms with Gasteiger partial charge in [-0.25, -0.2) is 0 Å². The number of carbonyl (C=O) groups is 3. The molecule has 0 spiro atoms. The molecule has 0 aliphatic carbocycles. The Morgan fingerprint density at radius 1 is 1.20 bits per heavy atom. The molecule has 2 amide bonds. The highest BCUT2D eigenvalue weighted by atomic mass is 32.1. The molecule has 0 bridgehead atoms. The molecule has 0 unspecified atom stereocenters. The lowest BCUT2D eigenvalue weighted by Crippen LogP contribution is -2.34. The number of ether oxygens (including phenoxy) is 1. The third-order valence-corrected chi connectivity index (χ3v) is 3.44. The monoisotopic (exact) mass is 365 g/mol. The minimum absolute atomic E-state index is 0.0155.